The van der Waals surface area contributed by atoms with Crippen LogP contribution in [-0.2, 0) is 0 Å². The molecule has 19 heavy (non-hydrogen) atoms. The fourth-order valence-electron chi connectivity index (χ4n) is 3.81. The molecule has 0 aromatic carbocycles. The first kappa shape index (κ1) is 16.9. The average molecular weight is 269 g/mol. The van der Waals surface area contributed by atoms with Gasteiger partial charge in [-0.05, 0) is 51.1 Å². The molecule has 3 nitrogen and oxygen atoms in total. The quantitative estimate of drug-likeness (QED) is 0.498. The summed E-state index contributed by atoms with van der Waals surface area (Å²) >= 11 is 0. The third-order valence-electron chi connectivity index (χ3n) is 5.08. The highest BCUT2D eigenvalue weighted by Crippen LogP contribution is 2.33. The van der Waals surface area contributed by atoms with Crippen molar-refractivity contribution in [3.63, 3.8) is 0 Å². The zero-order chi connectivity index (χ0) is 14.3. The Bertz CT molecular complexity index is 230. The molecule has 1 fully saturated rings. The summed E-state index contributed by atoms with van der Waals surface area (Å²) < 4.78 is 0. The molecule has 114 valence electrons. The van der Waals surface area contributed by atoms with Crippen molar-refractivity contribution in [3.8, 4) is 0 Å². The summed E-state index contributed by atoms with van der Waals surface area (Å²) in [6.07, 6.45) is 8.88. The van der Waals surface area contributed by atoms with Crippen molar-refractivity contribution >= 4 is 0 Å². The first-order valence-electron chi connectivity index (χ1n) is 8.31. The Morgan fingerprint density at radius 2 is 1.68 bits per heavy atom. The molecule has 1 aliphatic heterocycles. The van der Waals surface area contributed by atoms with E-state index in [2.05, 4.69) is 38.0 Å². The van der Waals surface area contributed by atoms with Crippen LogP contribution in [0.1, 0.15) is 72.6 Å². The van der Waals surface area contributed by atoms with Crippen LogP contribution in [0.15, 0.2) is 0 Å². The molecule has 0 bridgehead atoms. The maximum atomic E-state index is 5.92. The zero-order valence-electron chi connectivity index (χ0n) is 13.5. The molecular weight excluding hydrogens is 234 g/mol. The Balaban J connectivity index is 2.69. The molecule has 0 aliphatic carbocycles. The molecule has 1 aliphatic rings. The van der Waals surface area contributed by atoms with Gasteiger partial charge in [0.25, 0.3) is 0 Å². The van der Waals surface area contributed by atoms with Gasteiger partial charge in [-0.1, -0.05) is 40.5 Å². The number of nitrogens with one attached hydrogen (secondary N) is 1. The molecule has 1 saturated heterocycles. The van der Waals surface area contributed by atoms with Crippen LogP contribution in [0.25, 0.3) is 0 Å². The van der Waals surface area contributed by atoms with E-state index in [9.17, 15) is 0 Å². The Morgan fingerprint density at radius 1 is 1.11 bits per heavy atom. The Labute approximate surface area is 120 Å². The van der Waals surface area contributed by atoms with E-state index >= 15 is 0 Å². The summed E-state index contributed by atoms with van der Waals surface area (Å²) in [7, 11) is 0. The molecule has 1 unspecified atom stereocenters. The van der Waals surface area contributed by atoms with Gasteiger partial charge in [0.1, 0.15) is 0 Å². The molecule has 1 rings (SSSR count). The minimum absolute atomic E-state index is 0.266. The van der Waals surface area contributed by atoms with Crippen molar-refractivity contribution in [1.82, 2.24) is 10.3 Å². The van der Waals surface area contributed by atoms with Crippen molar-refractivity contribution in [1.29, 1.82) is 0 Å². The van der Waals surface area contributed by atoms with Gasteiger partial charge in [0.15, 0.2) is 0 Å². The highest BCUT2D eigenvalue weighted by molar-refractivity contribution is 4.99. The third-order valence-corrected chi connectivity index (χ3v) is 5.08. The Kier molecular flexibility index (Phi) is 7.33. The van der Waals surface area contributed by atoms with Gasteiger partial charge in [-0.25, -0.2) is 0 Å². The minimum atomic E-state index is 0.266. The van der Waals surface area contributed by atoms with Gasteiger partial charge in [0.2, 0.25) is 0 Å². The van der Waals surface area contributed by atoms with Crippen LogP contribution < -0.4 is 11.3 Å². The van der Waals surface area contributed by atoms with Gasteiger partial charge in [-0.3, -0.25) is 16.2 Å². The van der Waals surface area contributed by atoms with Gasteiger partial charge in [-0.15, -0.1) is 0 Å². The van der Waals surface area contributed by atoms with Crippen molar-refractivity contribution in [2.75, 3.05) is 13.1 Å². The lowest BCUT2D eigenvalue weighted by Gasteiger charge is -2.46. The average Bonchev–Trinajstić information content (AvgIpc) is 2.92. The Morgan fingerprint density at radius 3 is 2.11 bits per heavy atom. The van der Waals surface area contributed by atoms with Gasteiger partial charge in [0.05, 0.1) is 0 Å². The molecule has 0 saturated carbocycles. The smallest absolute Gasteiger partial charge is 0.0394 e. The van der Waals surface area contributed by atoms with Crippen molar-refractivity contribution in [2.45, 2.75) is 84.2 Å². The molecule has 0 aromatic heterocycles. The number of rotatable bonds is 9. The van der Waals surface area contributed by atoms with E-state index in [0.29, 0.717) is 6.04 Å². The lowest BCUT2D eigenvalue weighted by atomic mass is 9.80. The molecule has 0 radical (unpaired) electrons. The fourth-order valence-corrected chi connectivity index (χ4v) is 3.81. The van der Waals surface area contributed by atoms with E-state index in [4.69, 9.17) is 5.84 Å². The zero-order valence-corrected chi connectivity index (χ0v) is 13.5. The maximum Gasteiger partial charge on any atom is 0.0394 e. The number of hydrogen-bond donors (Lipinski definition) is 2. The standard InChI is InChI=1S/C16H35N3/c1-5-16(6-2,19-12-7-8-13-19)15(18-17)11-9-10-14(3)4/h14-15,18H,5-13,17H2,1-4H3. The second-order valence-electron chi connectivity index (χ2n) is 6.55. The molecule has 0 spiro atoms. The van der Waals surface area contributed by atoms with Crippen LogP contribution in [0.4, 0.5) is 0 Å². The van der Waals surface area contributed by atoms with Crippen molar-refractivity contribution in [3.05, 3.63) is 0 Å². The molecular formula is C16H35N3. The lowest BCUT2D eigenvalue weighted by Crippen LogP contribution is -2.61. The van der Waals surface area contributed by atoms with Gasteiger partial charge in [-0.2, -0.15) is 0 Å². The fraction of sp³-hybridized carbons (Fsp3) is 1.00. The van der Waals surface area contributed by atoms with Crippen LogP contribution in [0, 0.1) is 5.92 Å². The van der Waals surface area contributed by atoms with E-state index in [1.807, 2.05) is 0 Å². The second kappa shape index (κ2) is 8.23. The van der Waals surface area contributed by atoms with Crippen molar-refractivity contribution < 1.29 is 0 Å². The molecule has 3 N–H and O–H groups in total. The summed E-state index contributed by atoms with van der Waals surface area (Å²) in [5.41, 5.74) is 3.42. The predicted molar refractivity (Wildman–Crippen MR) is 83.9 cm³/mol. The largest absolute Gasteiger partial charge is 0.296 e. The van der Waals surface area contributed by atoms with Crippen LogP contribution in [0.5, 0.6) is 0 Å². The van der Waals surface area contributed by atoms with E-state index in [1.54, 1.807) is 0 Å². The highest BCUT2D eigenvalue weighted by Gasteiger charge is 2.41. The maximum absolute atomic E-state index is 5.92. The van der Waals surface area contributed by atoms with Gasteiger partial charge < -0.3 is 0 Å². The van der Waals surface area contributed by atoms with E-state index < -0.39 is 0 Å². The monoisotopic (exact) mass is 269 g/mol. The number of nitrogens with two attached hydrogens (primary N) is 1. The van der Waals surface area contributed by atoms with Crippen LogP contribution in [-0.4, -0.2) is 29.6 Å². The van der Waals surface area contributed by atoms with Gasteiger partial charge in [0, 0.05) is 11.6 Å². The number of hydrogen-bond acceptors (Lipinski definition) is 3. The summed E-state index contributed by atoms with van der Waals surface area (Å²) in [6.45, 7) is 11.8. The topological polar surface area (TPSA) is 41.3 Å². The first-order chi connectivity index (χ1) is 9.10. The third kappa shape index (κ3) is 4.17. The highest BCUT2D eigenvalue weighted by atomic mass is 15.3. The van der Waals surface area contributed by atoms with E-state index in [1.165, 1.54) is 58.0 Å². The predicted octanol–water partition coefficient (Wildman–Crippen LogP) is 3.30. The first-order valence-corrected chi connectivity index (χ1v) is 8.31. The number of nitrogens with zero attached hydrogens (tertiary/aromatic N) is 1. The van der Waals surface area contributed by atoms with Crippen molar-refractivity contribution in [2.24, 2.45) is 11.8 Å². The summed E-state index contributed by atoms with van der Waals surface area (Å²) in [6, 6.07) is 0.430. The summed E-state index contributed by atoms with van der Waals surface area (Å²) in [5.74, 6) is 6.71. The van der Waals surface area contributed by atoms with Crippen LogP contribution in [0.2, 0.25) is 0 Å². The summed E-state index contributed by atoms with van der Waals surface area (Å²) in [4.78, 5) is 2.70. The van der Waals surface area contributed by atoms with Crippen LogP contribution in [0.3, 0.4) is 0 Å². The number of likely N-dealkylation sites (tertiary alicyclic amines) is 1. The molecule has 1 heterocycles. The minimum Gasteiger partial charge on any atom is -0.296 e. The molecule has 3 heteroatoms. The molecule has 0 aromatic rings. The molecule has 0 amide bonds. The molecule has 1 atom stereocenters. The second-order valence-corrected chi connectivity index (χ2v) is 6.55. The SMILES string of the molecule is CCC(CC)(C(CCCC(C)C)NN)N1CCCC1. The normalized spacial score (nSPS) is 19.3. The number of hydrazine groups is 1. The van der Waals surface area contributed by atoms with Gasteiger partial charge >= 0.3 is 0 Å². The Hall–Kier alpha value is -0.120. The van der Waals surface area contributed by atoms with E-state index in [0.717, 1.165) is 5.92 Å². The van der Waals surface area contributed by atoms with E-state index in [-0.39, 0.29) is 5.54 Å². The summed E-state index contributed by atoms with van der Waals surface area (Å²) in [5, 5.41) is 0. The lowest BCUT2D eigenvalue weighted by molar-refractivity contribution is 0.0572. The van der Waals surface area contributed by atoms with Crippen LogP contribution >= 0.6 is 0 Å².